The predicted molar refractivity (Wildman–Crippen MR) is 97.5 cm³/mol. The van der Waals surface area contributed by atoms with Gasteiger partial charge in [-0.25, -0.2) is 9.78 Å². The van der Waals surface area contributed by atoms with Crippen molar-refractivity contribution in [1.82, 2.24) is 24.9 Å². The first-order valence-electron chi connectivity index (χ1n) is 8.54. The molecule has 0 aliphatic carbocycles. The zero-order valence-corrected chi connectivity index (χ0v) is 14.7. The zero-order valence-electron chi connectivity index (χ0n) is 14.7. The summed E-state index contributed by atoms with van der Waals surface area (Å²) >= 11 is 0. The first-order valence-corrected chi connectivity index (χ1v) is 8.54. The van der Waals surface area contributed by atoms with E-state index < -0.39 is 0 Å². The average molecular weight is 352 g/mol. The highest BCUT2D eigenvalue weighted by Gasteiger charge is 2.29. The molecule has 0 radical (unpaired) electrons. The number of nitrogens with zero attached hydrogens (tertiary/aromatic N) is 6. The molecule has 0 bridgehead atoms. The smallest absolute Gasteiger partial charge is 0.346 e. The highest BCUT2D eigenvalue weighted by atomic mass is 16.5. The lowest BCUT2D eigenvalue weighted by molar-refractivity contribution is 0.185. The number of aromatic nitrogens is 4. The standard InChI is InChI=1S/C18H20N6O2/c1-13-12-22(10-11-23(13)14-5-7-15(26-2)8-6-14)18(25)24-16-4-3-9-19-17(16)20-21-24/h3-9,13H,10-12H2,1-2H3. The number of carbonyl (C=O) groups excluding carboxylic acids is 1. The maximum absolute atomic E-state index is 12.9. The fourth-order valence-electron chi connectivity index (χ4n) is 3.33. The Bertz CT molecular complexity index is 923. The van der Waals surface area contributed by atoms with Gasteiger partial charge in [0.1, 0.15) is 11.3 Å². The molecule has 1 atom stereocenters. The first kappa shape index (κ1) is 16.3. The number of rotatable bonds is 2. The first-order chi connectivity index (χ1) is 12.7. The minimum Gasteiger partial charge on any atom is -0.497 e. The van der Waals surface area contributed by atoms with Crippen LogP contribution in [0.15, 0.2) is 42.6 Å². The SMILES string of the molecule is COc1ccc(N2CCN(C(=O)n3nnc4ncccc43)CC2C)cc1. The monoisotopic (exact) mass is 352 g/mol. The average Bonchev–Trinajstić information content (AvgIpc) is 3.11. The number of anilines is 1. The molecule has 26 heavy (non-hydrogen) atoms. The van der Waals surface area contributed by atoms with E-state index in [2.05, 4.69) is 27.1 Å². The highest BCUT2D eigenvalue weighted by molar-refractivity contribution is 5.86. The molecular weight excluding hydrogens is 332 g/mol. The van der Waals surface area contributed by atoms with Crippen molar-refractivity contribution in [3.63, 3.8) is 0 Å². The third kappa shape index (κ3) is 2.83. The molecule has 1 aromatic carbocycles. The van der Waals surface area contributed by atoms with Crippen molar-refractivity contribution in [1.29, 1.82) is 0 Å². The molecule has 1 amide bonds. The van der Waals surface area contributed by atoms with Gasteiger partial charge in [-0.05, 0) is 43.3 Å². The van der Waals surface area contributed by atoms with Crippen LogP contribution in [0.3, 0.4) is 0 Å². The van der Waals surface area contributed by atoms with Gasteiger partial charge in [-0.2, -0.15) is 4.68 Å². The van der Waals surface area contributed by atoms with Gasteiger partial charge in [-0.15, -0.1) is 5.10 Å². The topological polar surface area (TPSA) is 76.4 Å². The largest absolute Gasteiger partial charge is 0.497 e. The Morgan fingerprint density at radius 2 is 2.00 bits per heavy atom. The molecule has 2 aromatic heterocycles. The third-order valence-corrected chi connectivity index (χ3v) is 4.71. The van der Waals surface area contributed by atoms with E-state index in [0.29, 0.717) is 24.3 Å². The second-order valence-corrected chi connectivity index (χ2v) is 6.32. The van der Waals surface area contributed by atoms with E-state index in [-0.39, 0.29) is 12.1 Å². The lowest BCUT2D eigenvalue weighted by Crippen LogP contribution is -2.54. The summed E-state index contributed by atoms with van der Waals surface area (Å²) in [5.41, 5.74) is 2.23. The number of piperazine rings is 1. The Kier molecular flexibility index (Phi) is 4.16. The molecular formula is C18H20N6O2. The molecule has 134 valence electrons. The van der Waals surface area contributed by atoms with Gasteiger partial charge in [0.2, 0.25) is 5.65 Å². The fraction of sp³-hybridized carbons (Fsp3) is 0.333. The van der Waals surface area contributed by atoms with Crippen molar-refractivity contribution in [2.75, 3.05) is 31.6 Å². The van der Waals surface area contributed by atoms with Crippen LogP contribution in [0.1, 0.15) is 6.92 Å². The molecule has 3 heterocycles. The van der Waals surface area contributed by atoms with Crippen molar-refractivity contribution in [3.8, 4) is 5.75 Å². The number of fused-ring (bicyclic) bond motifs is 1. The second kappa shape index (κ2) is 6.62. The number of carbonyl (C=O) groups is 1. The van der Waals surface area contributed by atoms with Gasteiger partial charge in [0, 0.05) is 37.6 Å². The Morgan fingerprint density at radius 1 is 1.19 bits per heavy atom. The minimum atomic E-state index is -0.165. The van der Waals surface area contributed by atoms with E-state index in [9.17, 15) is 4.79 Å². The Balaban J connectivity index is 1.50. The zero-order chi connectivity index (χ0) is 18.1. The predicted octanol–water partition coefficient (Wildman–Crippen LogP) is 2.01. The van der Waals surface area contributed by atoms with Crippen LogP contribution in [-0.2, 0) is 0 Å². The van der Waals surface area contributed by atoms with Gasteiger partial charge in [0.05, 0.1) is 7.11 Å². The van der Waals surface area contributed by atoms with Crippen molar-refractivity contribution in [3.05, 3.63) is 42.6 Å². The summed E-state index contributed by atoms with van der Waals surface area (Å²) in [6.07, 6.45) is 1.64. The molecule has 0 N–H and O–H groups in total. The molecule has 1 fully saturated rings. The lowest BCUT2D eigenvalue weighted by Gasteiger charge is -2.41. The maximum atomic E-state index is 12.9. The molecule has 0 saturated carbocycles. The summed E-state index contributed by atoms with van der Waals surface area (Å²) in [5.74, 6) is 0.835. The molecule has 3 aromatic rings. The van der Waals surface area contributed by atoms with Gasteiger partial charge >= 0.3 is 6.03 Å². The quantitative estimate of drug-likeness (QED) is 0.702. The molecule has 1 aliphatic heterocycles. The summed E-state index contributed by atoms with van der Waals surface area (Å²) in [4.78, 5) is 21.1. The summed E-state index contributed by atoms with van der Waals surface area (Å²) in [6.45, 7) is 4.11. The minimum absolute atomic E-state index is 0.165. The Hall–Kier alpha value is -3.16. The van der Waals surface area contributed by atoms with E-state index in [1.165, 1.54) is 4.68 Å². The van der Waals surface area contributed by atoms with Gasteiger partial charge in [0.25, 0.3) is 0 Å². The molecule has 8 heteroatoms. The number of hydrogen-bond donors (Lipinski definition) is 0. The van der Waals surface area contributed by atoms with Crippen LogP contribution in [0.2, 0.25) is 0 Å². The van der Waals surface area contributed by atoms with Gasteiger partial charge in [0.15, 0.2) is 0 Å². The van der Waals surface area contributed by atoms with Gasteiger partial charge in [-0.1, -0.05) is 5.21 Å². The molecule has 4 rings (SSSR count). The van der Waals surface area contributed by atoms with E-state index in [1.54, 1.807) is 25.4 Å². The second-order valence-electron chi connectivity index (χ2n) is 6.32. The number of pyridine rings is 1. The van der Waals surface area contributed by atoms with Crippen LogP contribution in [-0.4, -0.2) is 63.7 Å². The van der Waals surface area contributed by atoms with Gasteiger partial charge < -0.3 is 14.5 Å². The number of methoxy groups -OCH3 is 1. The van der Waals surface area contributed by atoms with Crippen LogP contribution in [0.5, 0.6) is 5.75 Å². The van der Waals surface area contributed by atoms with E-state index in [4.69, 9.17) is 4.74 Å². The summed E-state index contributed by atoms with van der Waals surface area (Å²) in [7, 11) is 1.66. The maximum Gasteiger partial charge on any atom is 0.346 e. The number of benzene rings is 1. The van der Waals surface area contributed by atoms with E-state index >= 15 is 0 Å². The summed E-state index contributed by atoms with van der Waals surface area (Å²) < 4.78 is 6.55. The lowest BCUT2D eigenvalue weighted by atomic mass is 10.1. The normalized spacial score (nSPS) is 17.5. The fourth-order valence-corrected chi connectivity index (χ4v) is 3.33. The molecule has 0 spiro atoms. The van der Waals surface area contributed by atoms with Crippen molar-refractivity contribution in [2.24, 2.45) is 0 Å². The van der Waals surface area contributed by atoms with Crippen LogP contribution >= 0.6 is 0 Å². The Morgan fingerprint density at radius 3 is 2.73 bits per heavy atom. The van der Waals surface area contributed by atoms with Crippen LogP contribution in [0.25, 0.3) is 11.2 Å². The van der Waals surface area contributed by atoms with Crippen molar-refractivity contribution >= 4 is 22.9 Å². The van der Waals surface area contributed by atoms with Crippen LogP contribution in [0.4, 0.5) is 10.5 Å². The number of amides is 1. The molecule has 1 saturated heterocycles. The number of hydrogen-bond acceptors (Lipinski definition) is 6. The molecule has 8 nitrogen and oxygen atoms in total. The third-order valence-electron chi connectivity index (χ3n) is 4.71. The van der Waals surface area contributed by atoms with E-state index in [1.807, 2.05) is 29.2 Å². The summed E-state index contributed by atoms with van der Waals surface area (Å²) in [5, 5.41) is 7.94. The highest BCUT2D eigenvalue weighted by Crippen LogP contribution is 2.24. The molecule has 1 aliphatic rings. The van der Waals surface area contributed by atoms with Crippen LogP contribution < -0.4 is 9.64 Å². The van der Waals surface area contributed by atoms with Crippen molar-refractivity contribution < 1.29 is 9.53 Å². The molecule has 1 unspecified atom stereocenters. The summed E-state index contributed by atoms with van der Waals surface area (Å²) in [6, 6.07) is 11.6. The number of ether oxygens (including phenoxy) is 1. The van der Waals surface area contributed by atoms with E-state index in [0.717, 1.165) is 18.0 Å². The van der Waals surface area contributed by atoms with Crippen LogP contribution in [0, 0.1) is 0 Å². The van der Waals surface area contributed by atoms with Gasteiger partial charge in [-0.3, -0.25) is 0 Å². The van der Waals surface area contributed by atoms with Crippen molar-refractivity contribution in [2.45, 2.75) is 13.0 Å². The Labute approximate surface area is 151 Å².